The highest BCUT2D eigenvalue weighted by Gasteiger charge is 2.10. The number of benzene rings is 2. The molecule has 0 aliphatic heterocycles. The quantitative estimate of drug-likeness (QED) is 0.455. The zero-order valence-electron chi connectivity index (χ0n) is 16.2. The number of carbonyl (C=O) groups excluding carboxylic acids is 1. The third-order valence-electron chi connectivity index (χ3n) is 4.70. The number of carbonyl (C=O) groups is 1. The van der Waals surface area contributed by atoms with E-state index in [2.05, 4.69) is 15.3 Å². The van der Waals surface area contributed by atoms with Gasteiger partial charge in [-0.1, -0.05) is 18.2 Å². The Morgan fingerprint density at radius 2 is 1.87 bits per heavy atom. The molecule has 4 aromatic rings. The summed E-state index contributed by atoms with van der Waals surface area (Å²) in [5.41, 5.74) is 3.39. The van der Waals surface area contributed by atoms with E-state index in [-0.39, 0.29) is 11.7 Å². The molecule has 0 spiro atoms. The van der Waals surface area contributed by atoms with Crippen molar-refractivity contribution < 1.29 is 9.90 Å². The standard InChI is InChI=1S/C23H19N3O3S/c1-14-11-17(8-9-21(14)27)20-12-19(25-23(29)26-20)15-4-6-16(7-5-15)22(28)24-13-18-3-2-10-30-18/h2-12,27H,13H2,1H3,(H,24,28)(H,25,26,29). The second-order valence-electron chi connectivity index (χ2n) is 6.83. The number of nitrogens with zero attached hydrogens (tertiary/aromatic N) is 1. The van der Waals surface area contributed by atoms with E-state index < -0.39 is 5.69 Å². The molecular weight excluding hydrogens is 398 g/mol. The molecule has 7 heteroatoms. The molecule has 2 heterocycles. The Balaban J connectivity index is 1.56. The maximum atomic E-state index is 12.3. The van der Waals surface area contributed by atoms with Gasteiger partial charge in [0.2, 0.25) is 0 Å². The number of aromatic hydroxyl groups is 1. The van der Waals surface area contributed by atoms with Gasteiger partial charge in [0.1, 0.15) is 5.75 Å². The smallest absolute Gasteiger partial charge is 0.345 e. The molecule has 0 saturated carbocycles. The molecule has 30 heavy (non-hydrogen) atoms. The average molecular weight is 417 g/mol. The molecule has 0 fully saturated rings. The first kappa shape index (κ1) is 19.6. The van der Waals surface area contributed by atoms with Crippen LogP contribution >= 0.6 is 11.3 Å². The normalized spacial score (nSPS) is 10.7. The van der Waals surface area contributed by atoms with Crippen molar-refractivity contribution in [3.05, 3.63) is 92.5 Å². The van der Waals surface area contributed by atoms with Crippen molar-refractivity contribution in [2.24, 2.45) is 0 Å². The van der Waals surface area contributed by atoms with E-state index in [1.165, 1.54) is 0 Å². The van der Waals surface area contributed by atoms with Crippen molar-refractivity contribution in [3.63, 3.8) is 0 Å². The minimum absolute atomic E-state index is 0.154. The largest absolute Gasteiger partial charge is 0.508 e. The number of aromatic nitrogens is 2. The number of phenols is 1. The van der Waals surface area contributed by atoms with E-state index in [1.54, 1.807) is 66.8 Å². The Morgan fingerprint density at radius 3 is 2.57 bits per heavy atom. The first-order valence-corrected chi connectivity index (χ1v) is 10.2. The zero-order chi connectivity index (χ0) is 21.1. The highest BCUT2D eigenvalue weighted by molar-refractivity contribution is 7.09. The molecular formula is C23H19N3O3S. The summed E-state index contributed by atoms with van der Waals surface area (Å²) < 4.78 is 0. The second kappa shape index (κ2) is 8.34. The van der Waals surface area contributed by atoms with Crippen LogP contribution in [0, 0.1) is 6.92 Å². The van der Waals surface area contributed by atoms with Crippen LogP contribution in [-0.4, -0.2) is 21.0 Å². The number of amides is 1. The number of rotatable bonds is 5. The Morgan fingerprint density at radius 1 is 1.10 bits per heavy atom. The van der Waals surface area contributed by atoms with Gasteiger partial charge < -0.3 is 15.4 Å². The summed E-state index contributed by atoms with van der Waals surface area (Å²) in [6, 6.07) is 17.8. The molecule has 0 radical (unpaired) electrons. The molecule has 150 valence electrons. The Bertz CT molecular complexity index is 1250. The van der Waals surface area contributed by atoms with Crippen LogP contribution in [0.4, 0.5) is 0 Å². The summed E-state index contributed by atoms with van der Waals surface area (Å²) >= 11 is 1.59. The SMILES string of the molecule is Cc1cc(-c2cc(-c3ccc(C(=O)NCc4cccs4)cc3)[nH]c(=O)n2)ccc1O. The molecule has 0 atom stereocenters. The van der Waals surface area contributed by atoms with Gasteiger partial charge in [0.25, 0.3) is 5.91 Å². The van der Waals surface area contributed by atoms with Crippen LogP contribution in [0.2, 0.25) is 0 Å². The minimum atomic E-state index is -0.467. The number of aromatic amines is 1. The maximum absolute atomic E-state index is 12.3. The van der Waals surface area contributed by atoms with Crippen LogP contribution in [0.3, 0.4) is 0 Å². The average Bonchev–Trinajstić information content (AvgIpc) is 3.27. The van der Waals surface area contributed by atoms with Gasteiger partial charge in [0, 0.05) is 16.0 Å². The van der Waals surface area contributed by atoms with Gasteiger partial charge in [-0.05, 0) is 65.9 Å². The van der Waals surface area contributed by atoms with Crippen molar-refractivity contribution in [1.29, 1.82) is 0 Å². The van der Waals surface area contributed by atoms with E-state index in [4.69, 9.17) is 0 Å². The number of phenolic OH excluding ortho intramolecular Hbond substituents is 1. The van der Waals surface area contributed by atoms with Crippen molar-refractivity contribution >= 4 is 17.2 Å². The molecule has 3 N–H and O–H groups in total. The van der Waals surface area contributed by atoms with Crippen LogP contribution in [0.5, 0.6) is 5.75 Å². The van der Waals surface area contributed by atoms with Gasteiger partial charge in [0.15, 0.2) is 0 Å². The molecule has 0 bridgehead atoms. The van der Waals surface area contributed by atoms with Crippen LogP contribution in [0.15, 0.2) is 70.8 Å². The predicted octanol–water partition coefficient (Wildman–Crippen LogP) is 4.11. The number of nitrogens with one attached hydrogen (secondary N) is 2. The summed E-state index contributed by atoms with van der Waals surface area (Å²) in [5.74, 6) is 0.0372. The molecule has 0 saturated heterocycles. The van der Waals surface area contributed by atoms with Crippen LogP contribution in [0.25, 0.3) is 22.5 Å². The fourth-order valence-electron chi connectivity index (χ4n) is 3.06. The highest BCUT2D eigenvalue weighted by atomic mass is 32.1. The third kappa shape index (κ3) is 4.31. The lowest BCUT2D eigenvalue weighted by atomic mass is 10.0. The van der Waals surface area contributed by atoms with E-state index in [0.717, 1.165) is 16.0 Å². The lowest BCUT2D eigenvalue weighted by molar-refractivity contribution is 0.0951. The number of aryl methyl sites for hydroxylation is 1. The molecule has 6 nitrogen and oxygen atoms in total. The molecule has 1 amide bonds. The molecule has 0 aliphatic rings. The Labute approximate surface area is 176 Å². The van der Waals surface area contributed by atoms with Crippen molar-refractivity contribution in [3.8, 4) is 28.3 Å². The Hall–Kier alpha value is -3.71. The fraction of sp³-hybridized carbons (Fsp3) is 0.0870. The van der Waals surface area contributed by atoms with Gasteiger partial charge in [-0.3, -0.25) is 4.79 Å². The van der Waals surface area contributed by atoms with Crippen molar-refractivity contribution in [2.45, 2.75) is 13.5 Å². The molecule has 2 aromatic heterocycles. The first-order chi connectivity index (χ1) is 14.5. The lowest BCUT2D eigenvalue weighted by Gasteiger charge is -2.08. The maximum Gasteiger partial charge on any atom is 0.345 e. The van der Waals surface area contributed by atoms with Gasteiger partial charge in [0.05, 0.1) is 17.9 Å². The number of hydrogen-bond donors (Lipinski definition) is 3. The van der Waals surface area contributed by atoms with Crippen molar-refractivity contribution in [2.75, 3.05) is 0 Å². The fourth-order valence-corrected chi connectivity index (χ4v) is 3.70. The third-order valence-corrected chi connectivity index (χ3v) is 5.57. The molecule has 2 aromatic carbocycles. The van der Waals surface area contributed by atoms with Gasteiger partial charge in [-0.25, -0.2) is 4.79 Å². The monoisotopic (exact) mass is 417 g/mol. The topological polar surface area (TPSA) is 95.1 Å². The summed E-state index contributed by atoms with van der Waals surface area (Å²) in [5, 5.41) is 14.6. The van der Waals surface area contributed by atoms with Gasteiger partial charge in [-0.2, -0.15) is 4.98 Å². The summed E-state index contributed by atoms with van der Waals surface area (Å²) in [4.78, 5) is 32.3. The van der Waals surface area contributed by atoms with E-state index >= 15 is 0 Å². The van der Waals surface area contributed by atoms with Crippen molar-refractivity contribution in [1.82, 2.24) is 15.3 Å². The Kier molecular flexibility index (Phi) is 5.45. The molecule has 0 unspecified atom stereocenters. The van der Waals surface area contributed by atoms with Crippen LogP contribution in [0.1, 0.15) is 20.8 Å². The van der Waals surface area contributed by atoms with Gasteiger partial charge >= 0.3 is 5.69 Å². The zero-order valence-corrected chi connectivity index (χ0v) is 17.0. The predicted molar refractivity (Wildman–Crippen MR) is 118 cm³/mol. The van der Waals surface area contributed by atoms with E-state index in [1.807, 2.05) is 17.5 Å². The number of hydrogen-bond acceptors (Lipinski definition) is 5. The van der Waals surface area contributed by atoms with Gasteiger partial charge in [-0.15, -0.1) is 11.3 Å². The second-order valence-corrected chi connectivity index (χ2v) is 7.86. The molecule has 4 rings (SSSR count). The number of thiophene rings is 1. The number of H-pyrrole nitrogens is 1. The van der Waals surface area contributed by atoms with E-state index in [9.17, 15) is 14.7 Å². The first-order valence-electron chi connectivity index (χ1n) is 9.32. The molecule has 0 aliphatic carbocycles. The summed E-state index contributed by atoms with van der Waals surface area (Å²) in [6.45, 7) is 2.28. The van der Waals surface area contributed by atoms with Crippen LogP contribution in [-0.2, 0) is 6.54 Å². The summed E-state index contributed by atoms with van der Waals surface area (Å²) in [7, 11) is 0. The van der Waals surface area contributed by atoms with E-state index in [0.29, 0.717) is 29.1 Å². The highest BCUT2D eigenvalue weighted by Crippen LogP contribution is 2.26. The lowest BCUT2D eigenvalue weighted by Crippen LogP contribution is -2.22. The minimum Gasteiger partial charge on any atom is -0.508 e. The van der Waals surface area contributed by atoms with Crippen LogP contribution < -0.4 is 11.0 Å². The summed E-state index contributed by atoms with van der Waals surface area (Å²) in [6.07, 6.45) is 0.